The van der Waals surface area contributed by atoms with Crippen LogP contribution in [0.4, 0.5) is 0 Å². The fourth-order valence-corrected chi connectivity index (χ4v) is 2.40. The predicted octanol–water partition coefficient (Wildman–Crippen LogP) is 1.09. The van der Waals surface area contributed by atoms with Crippen LogP contribution < -0.4 is 10.6 Å². The summed E-state index contributed by atoms with van der Waals surface area (Å²) in [6, 6.07) is 5.94. The zero-order valence-corrected chi connectivity index (χ0v) is 12.5. The largest absolute Gasteiger partial charge is 0.356 e. The van der Waals surface area contributed by atoms with Crippen molar-refractivity contribution in [1.29, 1.82) is 0 Å². The third-order valence-electron chi connectivity index (χ3n) is 3.78. The summed E-state index contributed by atoms with van der Waals surface area (Å²) in [7, 11) is 4.00. The van der Waals surface area contributed by atoms with Gasteiger partial charge in [0.2, 0.25) is 0 Å². The van der Waals surface area contributed by atoms with E-state index in [2.05, 4.69) is 32.6 Å². The van der Waals surface area contributed by atoms with Gasteiger partial charge in [-0.05, 0) is 51.0 Å². The highest BCUT2D eigenvalue weighted by Gasteiger charge is 2.16. The number of nitrogens with one attached hydrogen (secondary N) is 2. The number of hydrogen-bond donors (Lipinski definition) is 2. The van der Waals surface area contributed by atoms with Gasteiger partial charge >= 0.3 is 0 Å². The molecule has 0 radical (unpaired) electrons. The van der Waals surface area contributed by atoms with Crippen LogP contribution in [0.5, 0.6) is 0 Å². The highest BCUT2D eigenvalue weighted by molar-refractivity contribution is 5.79. The summed E-state index contributed by atoms with van der Waals surface area (Å²) < 4.78 is 0. The van der Waals surface area contributed by atoms with Crippen LogP contribution in [0, 0.1) is 5.92 Å². The summed E-state index contributed by atoms with van der Waals surface area (Å²) in [5.41, 5.74) is 1.02. The first kappa shape index (κ1) is 14.8. The van der Waals surface area contributed by atoms with Gasteiger partial charge in [-0.25, -0.2) is 0 Å². The molecule has 0 spiro atoms. The molecule has 5 heteroatoms. The van der Waals surface area contributed by atoms with Crippen molar-refractivity contribution in [2.75, 3.05) is 33.7 Å². The van der Waals surface area contributed by atoms with E-state index in [0.29, 0.717) is 6.54 Å². The van der Waals surface area contributed by atoms with Gasteiger partial charge in [-0.2, -0.15) is 0 Å². The molecule has 1 saturated heterocycles. The lowest BCUT2D eigenvalue weighted by Gasteiger charge is -2.29. The Labute approximate surface area is 121 Å². The lowest BCUT2D eigenvalue weighted by atomic mass is 9.97. The summed E-state index contributed by atoms with van der Waals surface area (Å²) in [5.74, 6) is 1.61. The third kappa shape index (κ3) is 4.81. The van der Waals surface area contributed by atoms with Crippen molar-refractivity contribution >= 4 is 5.96 Å². The number of piperidine rings is 1. The van der Waals surface area contributed by atoms with E-state index in [9.17, 15) is 0 Å². The Balaban J connectivity index is 1.70. The van der Waals surface area contributed by atoms with Crippen molar-refractivity contribution in [2.24, 2.45) is 10.9 Å². The molecule has 0 aliphatic carbocycles. The van der Waals surface area contributed by atoms with E-state index in [4.69, 9.17) is 0 Å². The van der Waals surface area contributed by atoms with E-state index in [0.717, 1.165) is 24.1 Å². The maximum atomic E-state index is 4.29. The van der Waals surface area contributed by atoms with Gasteiger partial charge in [0.1, 0.15) is 0 Å². The summed E-state index contributed by atoms with van der Waals surface area (Å²) in [6.45, 7) is 4.10. The molecule has 1 aliphatic heterocycles. The van der Waals surface area contributed by atoms with Crippen molar-refractivity contribution in [3.05, 3.63) is 30.1 Å². The Morgan fingerprint density at radius 2 is 2.15 bits per heavy atom. The van der Waals surface area contributed by atoms with Crippen molar-refractivity contribution in [2.45, 2.75) is 19.4 Å². The Morgan fingerprint density at radius 1 is 1.35 bits per heavy atom. The van der Waals surface area contributed by atoms with Gasteiger partial charge < -0.3 is 15.5 Å². The maximum absolute atomic E-state index is 4.29. The molecule has 2 rings (SSSR count). The lowest BCUT2D eigenvalue weighted by Crippen LogP contribution is -2.42. The summed E-state index contributed by atoms with van der Waals surface area (Å²) in [5, 5.41) is 6.72. The molecular formula is C15H25N5. The monoisotopic (exact) mass is 275 g/mol. The van der Waals surface area contributed by atoms with E-state index in [-0.39, 0.29) is 0 Å². The minimum Gasteiger partial charge on any atom is -0.356 e. The highest BCUT2D eigenvalue weighted by atomic mass is 15.2. The molecule has 5 nitrogen and oxygen atoms in total. The quantitative estimate of drug-likeness (QED) is 0.638. The van der Waals surface area contributed by atoms with Gasteiger partial charge in [-0.1, -0.05) is 6.07 Å². The molecule has 1 fully saturated rings. The number of rotatable bonds is 4. The number of pyridine rings is 1. The second-order valence-electron chi connectivity index (χ2n) is 5.37. The van der Waals surface area contributed by atoms with Gasteiger partial charge in [-0.3, -0.25) is 9.98 Å². The van der Waals surface area contributed by atoms with Gasteiger partial charge in [0.05, 0.1) is 12.2 Å². The van der Waals surface area contributed by atoms with Gasteiger partial charge in [0.15, 0.2) is 5.96 Å². The first-order chi connectivity index (χ1) is 9.78. The van der Waals surface area contributed by atoms with Gasteiger partial charge in [-0.15, -0.1) is 0 Å². The second kappa shape index (κ2) is 7.85. The van der Waals surface area contributed by atoms with E-state index in [1.807, 2.05) is 31.4 Å². The SMILES string of the molecule is CN=C(NCc1ccccn1)NCC1CCN(C)CC1. The molecule has 2 N–H and O–H groups in total. The minimum atomic E-state index is 0.702. The van der Waals surface area contributed by atoms with E-state index < -0.39 is 0 Å². The van der Waals surface area contributed by atoms with Crippen LogP contribution >= 0.6 is 0 Å². The highest BCUT2D eigenvalue weighted by Crippen LogP contribution is 2.14. The molecule has 0 unspecified atom stereocenters. The average Bonchev–Trinajstić information content (AvgIpc) is 2.50. The topological polar surface area (TPSA) is 52.6 Å². The molecule has 110 valence electrons. The van der Waals surface area contributed by atoms with E-state index >= 15 is 0 Å². The number of hydrogen-bond acceptors (Lipinski definition) is 3. The van der Waals surface area contributed by atoms with Crippen LogP contribution in [-0.2, 0) is 6.54 Å². The Morgan fingerprint density at radius 3 is 2.80 bits per heavy atom. The molecular weight excluding hydrogens is 250 g/mol. The second-order valence-corrected chi connectivity index (χ2v) is 5.37. The standard InChI is InChI=1S/C15H25N5/c1-16-15(19-12-14-5-3-4-8-17-14)18-11-13-6-9-20(2)10-7-13/h3-5,8,13H,6-7,9-12H2,1-2H3,(H2,16,18,19). The zero-order chi connectivity index (χ0) is 14.2. The molecule has 0 aromatic carbocycles. The van der Waals surface area contributed by atoms with Crippen LogP contribution in [0.2, 0.25) is 0 Å². The van der Waals surface area contributed by atoms with Crippen LogP contribution in [0.15, 0.2) is 29.4 Å². The van der Waals surface area contributed by atoms with E-state index in [1.54, 1.807) is 0 Å². The van der Waals surface area contributed by atoms with E-state index in [1.165, 1.54) is 25.9 Å². The van der Waals surface area contributed by atoms with Crippen LogP contribution in [0.1, 0.15) is 18.5 Å². The summed E-state index contributed by atoms with van der Waals surface area (Å²) in [4.78, 5) is 10.9. The van der Waals surface area contributed by atoms with Crippen LogP contribution in [0.3, 0.4) is 0 Å². The number of aromatic nitrogens is 1. The third-order valence-corrected chi connectivity index (χ3v) is 3.78. The molecule has 0 atom stereocenters. The molecule has 0 saturated carbocycles. The molecule has 1 aromatic heterocycles. The Bertz CT molecular complexity index is 410. The van der Waals surface area contributed by atoms with Crippen LogP contribution in [0.25, 0.3) is 0 Å². The first-order valence-electron chi connectivity index (χ1n) is 7.31. The average molecular weight is 275 g/mol. The van der Waals surface area contributed by atoms with Crippen molar-refractivity contribution in [3.8, 4) is 0 Å². The van der Waals surface area contributed by atoms with Crippen molar-refractivity contribution in [1.82, 2.24) is 20.5 Å². The molecule has 2 heterocycles. The molecule has 0 bridgehead atoms. The normalized spacial score (nSPS) is 18.0. The maximum Gasteiger partial charge on any atom is 0.191 e. The molecule has 20 heavy (non-hydrogen) atoms. The summed E-state index contributed by atoms with van der Waals surface area (Å²) >= 11 is 0. The molecule has 1 aromatic rings. The lowest BCUT2D eigenvalue weighted by molar-refractivity contribution is 0.220. The fourth-order valence-electron chi connectivity index (χ4n) is 2.40. The number of likely N-dealkylation sites (tertiary alicyclic amines) is 1. The zero-order valence-electron chi connectivity index (χ0n) is 12.5. The molecule has 1 aliphatic rings. The van der Waals surface area contributed by atoms with Crippen LogP contribution in [-0.4, -0.2) is 49.6 Å². The van der Waals surface area contributed by atoms with Crippen molar-refractivity contribution in [3.63, 3.8) is 0 Å². The van der Waals surface area contributed by atoms with Crippen molar-refractivity contribution < 1.29 is 0 Å². The first-order valence-corrected chi connectivity index (χ1v) is 7.31. The van der Waals surface area contributed by atoms with Gasteiger partial charge in [0.25, 0.3) is 0 Å². The fraction of sp³-hybridized carbons (Fsp3) is 0.600. The predicted molar refractivity (Wildman–Crippen MR) is 82.7 cm³/mol. The number of nitrogens with zero attached hydrogens (tertiary/aromatic N) is 3. The van der Waals surface area contributed by atoms with Gasteiger partial charge in [0, 0.05) is 19.8 Å². The molecule has 0 amide bonds. The Hall–Kier alpha value is -1.62. The minimum absolute atomic E-state index is 0.702. The smallest absolute Gasteiger partial charge is 0.191 e. The number of aliphatic imine (C=N–C) groups is 1. The summed E-state index contributed by atoms with van der Waals surface area (Å²) in [6.07, 6.45) is 4.34. The Kier molecular flexibility index (Phi) is 5.80. The number of guanidine groups is 1.